The van der Waals surface area contributed by atoms with Crippen molar-refractivity contribution >= 4 is 28.7 Å². The average Bonchev–Trinajstić information content (AvgIpc) is 2.86. The van der Waals surface area contributed by atoms with Crippen molar-refractivity contribution in [2.45, 2.75) is 6.23 Å². The molecule has 2 aliphatic rings. The Morgan fingerprint density at radius 2 is 1.67 bits per heavy atom. The molecule has 0 saturated heterocycles. The van der Waals surface area contributed by atoms with Crippen LogP contribution in [0.5, 0.6) is 5.75 Å². The third-order valence-electron chi connectivity index (χ3n) is 3.69. The van der Waals surface area contributed by atoms with E-state index in [4.69, 9.17) is 4.74 Å². The molecule has 0 fully saturated rings. The van der Waals surface area contributed by atoms with E-state index >= 15 is 0 Å². The molecule has 0 aromatic heterocycles. The lowest BCUT2D eigenvalue weighted by Crippen LogP contribution is -2.43. The summed E-state index contributed by atoms with van der Waals surface area (Å²) in [6.45, 7) is 0. The second-order valence-corrected chi connectivity index (χ2v) is 4.95. The molecule has 2 aliphatic heterocycles. The van der Waals surface area contributed by atoms with Gasteiger partial charge in [-0.2, -0.15) is 0 Å². The first-order valence-electron chi connectivity index (χ1n) is 6.66. The first-order valence-corrected chi connectivity index (χ1v) is 6.66. The first-order chi connectivity index (χ1) is 10.2. The van der Waals surface area contributed by atoms with Crippen LogP contribution >= 0.6 is 0 Å². The fourth-order valence-corrected chi connectivity index (χ4v) is 2.67. The number of fused-ring (bicyclic) bond motifs is 3. The summed E-state index contributed by atoms with van der Waals surface area (Å²) in [7, 11) is 0. The molecular formula is C17H11NO3. The zero-order valence-corrected chi connectivity index (χ0v) is 11.0. The van der Waals surface area contributed by atoms with Crippen LogP contribution in [0.25, 0.3) is 16.8 Å². The van der Waals surface area contributed by atoms with Gasteiger partial charge in [-0.3, -0.25) is 9.59 Å². The largest absolute Gasteiger partial charge is 0.465 e. The van der Waals surface area contributed by atoms with Crippen molar-refractivity contribution < 1.29 is 14.3 Å². The molecule has 102 valence electrons. The molecule has 4 rings (SSSR count). The third-order valence-corrected chi connectivity index (χ3v) is 3.69. The Balaban J connectivity index is 1.79. The van der Waals surface area contributed by atoms with E-state index in [-0.39, 0.29) is 11.8 Å². The highest BCUT2D eigenvalue weighted by atomic mass is 16.5. The van der Waals surface area contributed by atoms with Gasteiger partial charge in [-0.15, -0.1) is 0 Å². The van der Waals surface area contributed by atoms with Gasteiger partial charge in [-0.25, -0.2) is 4.90 Å². The predicted molar refractivity (Wildman–Crippen MR) is 78.4 cm³/mol. The summed E-state index contributed by atoms with van der Waals surface area (Å²) in [6.07, 6.45) is 5.43. The molecule has 2 amide bonds. The van der Waals surface area contributed by atoms with Gasteiger partial charge >= 0.3 is 0 Å². The minimum absolute atomic E-state index is 0.349. The Morgan fingerprint density at radius 3 is 2.48 bits per heavy atom. The quantitative estimate of drug-likeness (QED) is 0.752. The second kappa shape index (κ2) is 4.31. The van der Waals surface area contributed by atoms with Gasteiger partial charge in [-0.1, -0.05) is 36.4 Å². The van der Waals surface area contributed by atoms with E-state index < -0.39 is 6.23 Å². The fourth-order valence-electron chi connectivity index (χ4n) is 2.67. The lowest BCUT2D eigenvalue weighted by atomic mass is 10.0. The van der Waals surface area contributed by atoms with Crippen molar-refractivity contribution in [3.05, 3.63) is 60.2 Å². The number of carbonyl (C=O) groups excluding carboxylic acids is 2. The van der Waals surface area contributed by atoms with E-state index in [1.54, 1.807) is 6.08 Å². The van der Waals surface area contributed by atoms with E-state index in [1.165, 1.54) is 12.2 Å². The highest BCUT2D eigenvalue weighted by Gasteiger charge is 2.33. The molecule has 4 nitrogen and oxygen atoms in total. The van der Waals surface area contributed by atoms with Crippen LogP contribution in [0.15, 0.2) is 54.6 Å². The highest BCUT2D eigenvalue weighted by molar-refractivity contribution is 6.13. The molecule has 2 heterocycles. The van der Waals surface area contributed by atoms with Crippen molar-refractivity contribution in [3.8, 4) is 5.75 Å². The summed E-state index contributed by atoms with van der Waals surface area (Å²) < 4.78 is 5.93. The molecule has 2 aromatic carbocycles. The predicted octanol–water partition coefficient (Wildman–Crippen LogP) is 2.50. The molecule has 21 heavy (non-hydrogen) atoms. The van der Waals surface area contributed by atoms with Gasteiger partial charge in [0.1, 0.15) is 5.75 Å². The topological polar surface area (TPSA) is 46.6 Å². The summed E-state index contributed by atoms with van der Waals surface area (Å²) >= 11 is 0. The van der Waals surface area contributed by atoms with Crippen molar-refractivity contribution in [1.82, 2.24) is 4.90 Å². The van der Waals surface area contributed by atoms with Gasteiger partial charge in [0.2, 0.25) is 6.23 Å². The van der Waals surface area contributed by atoms with Crippen molar-refractivity contribution in [2.75, 3.05) is 0 Å². The number of carbonyl (C=O) groups is 2. The summed E-state index contributed by atoms with van der Waals surface area (Å²) in [5.74, 6) is 0.00442. The molecule has 2 aromatic rings. The molecule has 0 bridgehead atoms. The molecule has 0 radical (unpaired) electrons. The molecule has 1 atom stereocenters. The van der Waals surface area contributed by atoms with Crippen LogP contribution in [0.3, 0.4) is 0 Å². The maximum Gasteiger partial charge on any atom is 0.256 e. The zero-order valence-electron chi connectivity index (χ0n) is 11.0. The van der Waals surface area contributed by atoms with Gasteiger partial charge in [-0.05, 0) is 17.5 Å². The Bertz CT molecular complexity index is 817. The van der Waals surface area contributed by atoms with Gasteiger partial charge in [0, 0.05) is 23.1 Å². The normalized spacial score (nSPS) is 20.0. The van der Waals surface area contributed by atoms with Crippen LogP contribution < -0.4 is 4.74 Å². The Hall–Kier alpha value is -2.88. The van der Waals surface area contributed by atoms with E-state index in [9.17, 15) is 9.59 Å². The van der Waals surface area contributed by atoms with Gasteiger partial charge in [0.15, 0.2) is 0 Å². The molecule has 0 aliphatic carbocycles. The van der Waals surface area contributed by atoms with E-state index in [2.05, 4.69) is 0 Å². The minimum atomic E-state index is -0.696. The molecule has 1 unspecified atom stereocenters. The van der Waals surface area contributed by atoms with Gasteiger partial charge < -0.3 is 4.74 Å². The van der Waals surface area contributed by atoms with E-state index in [0.717, 1.165) is 21.2 Å². The maximum absolute atomic E-state index is 11.8. The fraction of sp³-hybridized carbons (Fsp3) is 0.0588. The summed E-state index contributed by atoms with van der Waals surface area (Å²) in [4.78, 5) is 24.6. The smallest absolute Gasteiger partial charge is 0.256 e. The Labute approximate surface area is 120 Å². The Morgan fingerprint density at radius 1 is 0.905 bits per heavy atom. The number of nitrogens with zero attached hydrogens (tertiary/aromatic N) is 1. The number of ether oxygens (including phenoxy) is 1. The summed E-state index contributed by atoms with van der Waals surface area (Å²) in [6, 6.07) is 11.9. The maximum atomic E-state index is 11.8. The minimum Gasteiger partial charge on any atom is -0.465 e. The monoisotopic (exact) mass is 277 g/mol. The van der Waals surface area contributed by atoms with Crippen molar-refractivity contribution in [3.63, 3.8) is 0 Å². The number of hydrogen-bond donors (Lipinski definition) is 0. The standard InChI is InChI=1S/C17H11NO3/c19-14-8-9-15(20)18(14)16-10-7-12-6-5-11-3-1-2-4-13(11)17(12)21-16/h1-10,16H. The summed E-state index contributed by atoms with van der Waals surface area (Å²) in [5, 5.41) is 2.03. The molecule has 0 N–H and O–H groups in total. The highest BCUT2D eigenvalue weighted by Crippen LogP contribution is 2.35. The van der Waals surface area contributed by atoms with Crippen LogP contribution in [0.4, 0.5) is 0 Å². The molecule has 0 spiro atoms. The first kappa shape index (κ1) is 11.9. The average molecular weight is 277 g/mol. The summed E-state index contributed by atoms with van der Waals surface area (Å²) in [5.41, 5.74) is 0.942. The van der Waals surface area contributed by atoms with Crippen LogP contribution in [-0.4, -0.2) is 22.9 Å². The number of benzene rings is 2. The van der Waals surface area contributed by atoms with Gasteiger partial charge in [0.25, 0.3) is 11.8 Å². The number of amides is 2. The number of imide groups is 1. The van der Waals surface area contributed by atoms with Crippen molar-refractivity contribution in [2.24, 2.45) is 0 Å². The van der Waals surface area contributed by atoms with Crippen LogP contribution in [-0.2, 0) is 9.59 Å². The second-order valence-electron chi connectivity index (χ2n) is 4.95. The van der Waals surface area contributed by atoms with Crippen LogP contribution in [0.1, 0.15) is 5.56 Å². The third kappa shape index (κ3) is 1.76. The van der Waals surface area contributed by atoms with E-state index in [0.29, 0.717) is 5.75 Å². The van der Waals surface area contributed by atoms with Crippen LogP contribution in [0, 0.1) is 0 Å². The lowest BCUT2D eigenvalue weighted by molar-refractivity contribution is -0.143. The Kier molecular flexibility index (Phi) is 2.44. The number of rotatable bonds is 1. The SMILES string of the molecule is O=C1C=CC(=O)N1C1C=Cc2ccc3ccccc3c2O1. The lowest BCUT2D eigenvalue weighted by Gasteiger charge is -2.28. The van der Waals surface area contributed by atoms with Crippen molar-refractivity contribution in [1.29, 1.82) is 0 Å². The van der Waals surface area contributed by atoms with Crippen LogP contribution in [0.2, 0.25) is 0 Å². The number of hydrogen-bond acceptors (Lipinski definition) is 3. The van der Waals surface area contributed by atoms with E-state index in [1.807, 2.05) is 42.5 Å². The zero-order chi connectivity index (χ0) is 14.4. The molecule has 0 saturated carbocycles. The molecular weight excluding hydrogens is 266 g/mol. The van der Waals surface area contributed by atoms with Gasteiger partial charge in [0.05, 0.1) is 0 Å². The molecule has 4 heteroatoms.